The first kappa shape index (κ1) is 7.25. The highest BCUT2D eigenvalue weighted by Crippen LogP contribution is 1.95. The summed E-state index contributed by atoms with van der Waals surface area (Å²) in [6, 6.07) is 0. The summed E-state index contributed by atoms with van der Waals surface area (Å²) in [6.45, 7) is 2.00. The Bertz CT molecular complexity index is 39.1. The Labute approximate surface area is 49.6 Å². The van der Waals surface area contributed by atoms with Crippen LogP contribution < -0.4 is 0 Å². The van der Waals surface area contributed by atoms with Gasteiger partial charge in [-0.2, -0.15) is 0 Å². The zero-order chi connectivity index (χ0) is 5.70. The molecule has 1 unspecified atom stereocenters. The Morgan fingerprint density at radius 2 is 2.29 bits per heavy atom. The third kappa shape index (κ3) is 4.10. The van der Waals surface area contributed by atoms with Gasteiger partial charge in [0.1, 0.15) is 0 Å². The van der Waals surface area contributed by atoms with E-state index in [0.717, 1.165) is 6.42 Å². The molecule has 0 aliphatic heterocycles. The van der Waals surface area contributed by atoms with Crippen molar-refractivity contribution < 1.29 is 4.74 Å². The molecule has 0 aliphatic carbocycles. The van der Waals surface area contributed by atoms with Crippen molar-refractivity contribution in [2.75, 3.05) is 13.0 Å². The highest BCUT2D eigenvalue weighted by molar-refractivity contribution is 6.17. The highest BCUT2D eigenvalue weighted by atomic mass is 35.5. The summed E-state index contributed by atoms with van der Waals surface area (Å²) in [4.78, 5) is 0. The molecule has 2 heteroatoms. The van der Waals surface area contributed by atoms with Crippen LogP contribution in [0.2, 0.25) is 0 Å². The van der Waals surface area contributed by atoms with E-state index in [1.165, 1.54) is 0 Å². The lowest BCUT2D eigenvalue weighted by Crippen LogP contribution is -2.03. The molecule has 0 spiro atoms. The second-order valence-corrected chi connectivity index (χ2v) is 1.90. The van der Waals surface area contributed by atoms with Crippen molar-refractivity contribution in [3.05, 3.63) is 0 Å². The number of alkyl halides is 1. The van der Waals surface area contributed by atoms with Gasteiger partial charge in [-0.3, -0.25) is 0 Å². The molecule has 0 saturated heterocycles. The van der Waals surface area contributed by atoms with E-state index < -0.39 is 0 Å². The molecule has 1 atom stereocenters. The Morgan fingerprint density at radius 1 is 1.71 bits per heavy atom. The maximum atomic E-state index is 5.40. The summed E-state index contributed by atoms with van der Waals surface area (Å²) in [5.74, 6) is 0.689. The van der Waals surface area contributed by atoms with Gasteiger partial charge in [-0.15, -0.1) is 11.6 Å². The molecule has 44 valence electrons. The van der Waals surface area contributed by atoms with Crippen LogP contribution in [0.3, 0.4) is 0 Å². The van der Waals surface area contributed by atoms with E-state index in [-0.39, 0.29) is 0 Å². The van der Waals surface area contributed by atoms with E-state index in [1.54, 1.807) is 7.11 Å². The van der Waals surface area contributed by atoms with Crippen LogP contribution in [0.25, 0.3) is 0 Å². The van der Waals surface area contributed by atoms with Crippen molar-refractivity contribution in [2.24, 2.45) is 0 Å². The smallest absolute Gasteiger partial charge is 0.0554 e. The molecule has 0 aromatic carbocycles. The van der Waals surface area contributed by atoms with E-state index in [4.69, 9.17) is 16.3 Å². The Kier molecular flexibility index (Phi) is 4.57. The van der Waals surface area contributed by atoms with E-state index in [1.807, 2.05) is 6.92 Å². The summed E-state index contributed by atoms with van der Waals surface area (Å²) in [7, 11) is 1.69. The van der Waals surface area contributed by atoms with Crippen LogP contribution in [-0.2, 0) is 4.74 Å². The average Bonchev–Trinajstić information content (AvgIpc) is 1.68. The van der Waals surface area contributed by atoms with Gasteiger partial charge in [0.25, 0.3) is 0 Å². The average molecular weight is 123 g/mol. The molecular weight excluding hydrogens is 112 g/mol. The lowest BCUT2D eigenvalue weighted by molar-refractivity contribution is 0.116. The fourth-order valence-electron chi connectivity index (χ4n) is 0.272. The molecule has 0 saturated carbocycles. The summed E-state index contributed by atoms with van der Waals surface area (Å²) in [5, 5.41) is 0. The number of hydrogen-bond donors (Lipinski definition) is 0. The first-order valence-electron chi connectivity index (χ1n) is 2.40. The van der Waals surface area contributed by atoms with Crippen LogP contribution in [0.4, 0.5) is 0 Å². The number of ether oxygens (including phenoxy) is 1. The Morgan fingerprint density at radius 3 is 2.43 bits per heavy atom. The predicted octanol–water partition coefficient (Wildman–Crippen LogP) is 1.65. The second-order valence-electron chi connectivity index (χ2n) is 1.52. The number of rotatable bonds is 3. The van der Waals surface area contributed by atoms with Gasteiger partial charge in [-0.05, 0) is 13.3 Å². The minimum absolute atomic E-state index is 0.317. The molecule has 1 nitrogen and oxygen atoms in total. The van der Waals surface area contributed by atoms with Crippen LogP contribution in [0.5, 0.6) is 0 Å². The van der Waals surface area contributed by atoms with Gasteiger partial charge in [-0.25, -0.2) is 0 Å². The molecule has 0 amide bonds. The van der Waals surface area contributed by atoms with E-state index in [9.17, 15) is 0 Å². The van der Waals surface area contributed by atoms with E-state index in [2.05, 4.69) is 0 Å². The molecule has 0 N–H and O–H groups in total. The lowest BCUT2D eigenvalue weighted by atomic mass is 10.3. The largest absolute Gasteiger partial charge is 0.382 e. The van der Waals surface area contributed by atoms with Gasteiger partial charge >= 0.3 is 0 Å². The fourth-order valence-corrected chi connectivity index (χ4v) is 0.579. The van der Waals surface area contributed by atoms with Crippen LogP contribution in [-0.4, -0.2) is 19.1 Å². The first-order valence-corrected chi connectivity index (χ1v) is 2.93. The van der Waals surface area contributed by atoms with Gasteiger partial charge in [0, 0.05) is 13.0 Å². The summed E-state index contributed by atoms with van der Waals surface area (Å²) in [6.07, 6.45) is 1.26. The minimum atomic E-state index is 0.317. The zero-order valence-corrected chi connectivity index (χ0v) is 5.53. The molecular formula is C5H11ClO. The van der Waals surface area contributed by atoms with Crippen molar-refractivity contribution in [3.8, 4) is 0 Å². The quantitative estimate of drug-likeness (QED) is 0.518. The van der Waals surface area contributed by atoms with E-state index in [0.29, 0.717) is 12.0 Å². The molecule has 7 heavy (non-hydrogen) atoms. The van der Waals surface area contributed by atoms with Crippen molar-refractivity contribution in [2.45, 2.75) is 19.4 Å². The van der Waals surface area contributed by atoms with Gasteiger partial charge in [0.2, 0.25) is 0 Å². The topological polar surface area (TPSA) is 9.23 Å². The third-order valence-corrected chi connectivity index (χ3v) is 1.14. The van der Waals surface area contributed by atoms with Crippen LogP contribution in [0, 0.1) is 0 Å². The maximum absolute atomic E-state index is 5.40. The molecule has 0 aromatic heterocycles. The standard InChI is InChI=1S/C5H11ClO/c1-5(7-2)3-4-6/h5H,3-4H2,1-2H3. The molecule has 0 fully saturated rings. The lowest BCUT2D eigenvalue weighted by Gasteiger charge is -2.03. The fraction of sp³-hybridized carbons (Fsp3) is 1.00. The zero-order valence-electron chi connectivity index (χ0n) is 4.78. The molecule has 0 heterocycles. The Hall–Kier alpha value is 0.250. The Balaban J connectivity index is 2.83. The van der Waals surface area contributed by atoms with Gasteiger partial charge in [-0.1, -0.05) is 0 Å². The van der Waals surface area contributed by atoms with Gasteiger partial charge in [0.05, 0.1) is 6.10 Å². The van der Waals surface area contributed by atoms with Gasteiger partial charge < -0.3 is 4.74 Å². The molecule has 0 radical (unpaired) electrons. The van der Waals surface area contributed by atoms with Crippen LogP contribution in [0.15, 0.2) is 0 Å². The van der Waals surface area contributed by atoms with Gasteiger partial charge in [0.15, 0.2) is 0 Å². The molecule has 0 aromatic rings. The predicted molar refractivity (Wildman–Crippen MR) is 31.8 cm³/mol. The molecule has 0 bridgehead atoms. The third-order valence-electron chi connectivity index (χ3n) is 0.918. The number of hydrogen-bond acceptors (Lipinski definition) is 1. The monoisotopic (exact) mass is 122 g/mol. The normalized spacial score (nSPS) is 14.1. The van der Waals surface area contributed by atoms with Crippen LogP contribution in [0.1, 0.15) is 13.3 Å². The van der Waals surface area contributed by atoms with Crippen molar-refractivity contribution in [3.63, 3.8) is 0 Å². The van der Waals surface area contributed by atoms with Crippen molar-refractivity contribution in [1.29, 1.82) is 0 Å². The summed E-state index contributed by atoms with van der Waals surface area (Å²) < 4.78 is 4.91. The van der Waals surface area contributed by atoms with E-state index >= 15 is 0 Å². The summed E-state index contributed by atoms with van der Waals surface area (Å²) in [5.41, 5.74) is 0. The SMILES string of the molecule is COC(C)CCCl. The maximum Gasteiger partial charge on any atom is 0.0554 e. The second kappa shape index (κ2) is 4.41. The van der Waals surface area contributed by atoms with Crippen molar-refractivity contribution >= 4 is 11.6 Å². The summed E-state index contributed by atoms with van der Waals surface area (Å²) >= 11 is 5.40. The minimum Gasteiger partial charge on any atom is -0.382 e. The number of methoxy groups -OCH3 is 1. The van der Waals surface area contributed by atoms with Crippen LogP contribution >= 0.6 is 11.6 Å². The van der Waals surface area contributed by atoms with Crippen molar-refractivity contribution in [1.82, 2.24) is 0 Å². The molecule has 0 rings (SSSR count). The highest BCUT2D eigenvalue weighted by Gasteiger charge is 1.93. The molecule has 0 aliphatic rings. The first-order chi connectivity index (χ1) is 3.31. The number of halogens is 1.